The Morgan fingerprint density at radius 1 is 0.963 bits per heavy atom. The van der Waals surface area contributed by atoms with Crippen LogP contribution in [0.2, 0.25) is 0 Å². The van der Waals surface area contributed by atoms with E-state index in [4.69, 9.17) is 9.47 Å². The minimum absolute atomic E-state index is 0.168. The van der Waals surface area contributed by atoms with Crippen LogP contribution in [0.3, 0.4) is 0 Å². The molecular formula is C20H21N3O4. The zero-order valence-electron chi connectivity index (χ0n) is 15.1. The smallest absolute Gasteiger partial charge is 0.273 e. The first-order valence-electron chi connectivity index (χ1n) is 9.00. The quantitative estimate of drug-likeness (QED) is 0.812. The maximum absolute atomic E-state index is 12.6. The van der Waals surface area contributed by atoms with E-state index >= 15 is 0 Å². The number of benzene rings is 1. The highest BCUT2D eigenvalue weighted by atomic mass is 16.5. The number of pyridine rings is 1. The lowest BCUT2D eigenvalue weighted by Crippen LogP contribution is -2.35. The summed E-state index contributed by atoms with van der Waals surface area (Å²) < 4.78 is 10.8. The number of amides is 2. The first kappa shape index (κ1) is 17.3. The third kappa shape index (κ3) is 3.86. The number of hydrogen-bond acceptors (Lipinski definition) is 5. The van der Waals surface area contributed by atoms with Gasteiger partial charge >= 0.3 is 0 Å². The Labute approximate surface area is 157 Å². The number of hydrogen-bond donors (Lipinski definition) is 0. The average molecular weight is 367 g/mol. The molecule has 2 heterocycles. The van der Waals surface area contributed by atoms with Crippen LogP contribution in [0.25, 0.3) is 0 Å². The first-order valence-corrected chi connectivity index (χ1v) is 9.00. The average Bonchev–Trinajstić information content (AvgIpc) is 3.44. The number of aromatic nitrogens is 1. The largest absolute Gasteiger partial charge is 0.497 e. The van der Waals surface area contributed by atoms with Crippen molar-refractivity contribution in [3.05, 3.63) is 48.3 Å². The monoisotopic (exact) mass is 367 g/mol. The minimum Gasteiger partial charge on any atom is -0.497 e. The summed E-state index contributed by atoms with van der Waals surface area (Å²) in [5, 5.41) is 0. The summed E-state index contributed by atoms with van der Waals surface area (Å²) in [4.78, 5) is 32.4. The van der Waals surface area contributed by atoms with Crippen molar-refractivity contribution in [2.45, 2.75) is 12.8 Å². The van der Waals surface area contributed by atoms with Crippen molar-refractivity contribution < 1.29 is 19.1 Å². The van der Waals surface area contributed by atoms with E-state index in [1.807, 2.05) is 12.1 Å². The lowest BCUT2D eigenvalue weighted by Gasteiger charge is -2.18. The molecule has 140 valence electrons. The Morgan fingerprint density at radius 3 is 2.26 bits per heavy atom. The summed E-state index contributed by atoms with van der Waals surface area (Å²) in [6.45, 7) is 1.49. The number of ether oxygens (including phenoxy) is 2. The summed E-state index contributed by atoms with van der Waals surface area (Å²) in [5.41, 5.74) is 0.345. The predicted octanol–water partition coefficient (Wildman–Crippen LogP) is 2.53. The molecule has 0 atom stereocenters. The Hall–Kier alpha value is -3.09. The molecule has 2 aliphatic rings. The molecule has 1 aromatic carbocycles. The summed E-state index contributed by atoms with van der Waals surface area (Å²) in [6, 6.07) is 10.6. The van der Waals surface area contributed by atoms with Gasteiger partial charge in [-0.05, 0) is 49.2 Å². The van der Waals surface area contributed by atoms with Crippen LogP contribution in [0.15, 0.2) is 42.6 Å². The maximum atomic E-state index is 12.6. The molecule has 1 saturated carbocycles. The van der Waals surface area contributed by atoms with Gasteiger partial charge in [0, 0.05) is 19.0 Å². The van der Waals surface area contributed by atoms with Crippen LogP contribution >= 0.6 is 0 Å². The molecule has 27 heavy (non-hydrogen) atoms. The number of rotatable bonds is 5. The predicted molar refractivity (Wildman–Crippen MR) is 97.6 cm³/mol. The highest BCUT2D eigenvalue weighted by Crippen LogP contribution is 2.31. The van der Waals surface area contributed by atoms with E-state index < -0.39 is 0 Å². The standard InChI is InChI=1S/C20H21N3O4/c1-26-15-4-6-16(7-5-15)27-17-8-9-18(21-12-17)20(25)23-11-10-22(13-23)19(24)14-2-3-14/h4-9,12,14H,2-3,10-11,13H2,1H3. The molecule has 7 heteroatoms. The lowest BCUT2D eigenvalue weighted by atomic mass is 10.3. The molecule has 1 aliphatic carbocycles. The van der Waals surface area contributed by atoms with E-state index in [9.17, 15) is 9.59 Å². The molecule has 2 amide bonds. The molecule has 4 rings (SSSR count). The van der Waals surface area contributed by atoms with Gasteiger partial charge in [0.1, 0.15) is 22.9 Å². The third-order valence-corrected chi connectivity index (χ3v) is 4.76. The van der Waals surface area contributed by atoms with Crippen LogP contribution in [-0.4, -0.2) is 53.5 Å². The van der Waals surface area contributed by atoms with E-state index in [2.05, 4.69) is 4.98 Å². The van der Waals surface area contributed by atoms with Gasteiger partial charge in [0.05, 0.1) is 20.0 Å². The van der Waals surface area contributed by atoms with Gasteiger partial charge in [-0.25, -0.2) is 4.98 Å². The number of nitrogens with zero attached hydrogens (tertiary/aromatic N) is 3. The zero-order valence-corrected chi connectivity index (χ0v) is 15.1. The molecular weight excluding hydrogens is 346 g/mol. The SMILES string of the molecule is COc1ccc(Oc2ccc(C(=O)N3CCN(C(=O)C4CC4)C3)nc2)cc1. The van der Waals surface area contributed by atoms with Gasteiger partial charge in [0.25, 0.3) is 5.91 Å². The molecule has 0 spiro atoms. The molecule has 2 aromatic rings. The fraction of sp³-hybridized carbons (Fsp3) is 0.350. The zero-order chi connectivity index (χ0) is 18.8. The molecule has 0 radical (unpaired) electrons. The van der Waals surface area contributed by atoms with Crippen LogP contribution < -0.4 is 9.47 Å². The summed E-state index contributed by atoms with van der Waals surface area (Å²) in [5.74, 6) is 2.13. The molecule has 2 fully saturated rings. The Morgan fingerprint density at radius 2 is 1.63 bits per heavy atom. The summed E-state index contributed by atoms with van der Waals surface area (Å²) in [7, 11) is 1.61. The van der Waals surface area contributed by atoms with Crippen molar-refractivity contribution in [3.63, 3.8) is 0 Å². The van der Waals surface area contributed by atoms with Crippen molar-refractivity contribution in [2.24, 2.45) is 5.92 Å². The number of carbonyl (C=O) groups is 2. The molecule has 1 saturated heterocycles. The van der Waals surface area contributed by atoms with E-state index in [0.717, 1.165) is 18.6 Å². The highest BCUT2D eigenvalue weighted by molar-refractivity contribution is 5.93. The third-order valence-electron chi connectivity index (χ3n) is 4.76. The second kappa shape index (κ2) is 7.26. The van der Waals surface area contributed by atoms with Crippen molar-refractivity contribution in [2.75, 3.05) is 26.9 Å². The van der Waals surface area contributed by atoms with Crippen LogP contribution in [-0.2, 0) is 4.79 Å². The molecule has 1 aromatic heterocycles. The van der Waals surface area contributed by atoms with Gasteiger partial charge in [0.2, 0.25) is 5.91 Å². The Kier molecular flexibility index (Phi) is 4.66. The maximum Gasteiger partial charge on any atom is 0.273 e. The van der Waals surface area contributed by atoms with Crippen molar-refractivity contribution in [3.8, 4) is 17.2 Å². The van der Waals surface area contributed by atoms with Crippen molar-refractivity contribution in [1.82, 2.24) is 14.8 Å². The topological polar surface area (TPSA) is 72.0 Å². The Balaban J connectivity index is 1.36. The second-order valence-corrected chi connectivity index (χ2v) is 6.74. The van der Waals surface area contributed by atoms with E-state index in [0.29, 0.717) is 37.0 Å². The summed E-state index contributed by atoms with van der Waals surface area (Å²) in [6.07, 6.45) is 3.47. The minimum atomic E-state index is -0.169. The molecule has 0 unspecified atom stereocenters. The molecule has 1 aliphatic heterocycles. The van der Waals surface area contributed by atoms with Gasteiger partial charge in [0.15, 0.2) is 0 Å². The van der Waals surface area contributed by atoms with Crippen LogP contribution in [0.5, 0.6) is 17.2 Å². The van der Waals surface area contributed by atoms with E-state index in [1.54, 1.807) is 41.2 Å². The molecule has 7 nitrogen and oxygen atoms in total. The Bertz CT molecular complexity index is 831. The fourth-order valence-corrected chi connectivity index (χ4v) is 3.03. The first-order chi connectivity index (χ1) is 13.1. The second-order valence-electron chi connectivity index (χ2n) is 6.74. The van der Waals surface area contributed by atoms with Crippen LogP contribution in [0.1, 0.15) is 23.3 Å². The molecule has 0 N–H and O–H groups in total. The number of methoxy groups -OCH3 is 1. The van der Waals surface area contributed by atoms with Gasteiger partial charge in [-0.3, -0.25) is 9.59 Å². The van der Waals surface area contributed by atoms with Crippen LogP contribution in [0.4, 0.5) is 0 Å². The van der Waals surface area contributed by atoms with Crippen molar-refractivity contribution >= 4 is 11.8 Å². The van der Waals surface area contributed by atoms with Gasteiger partial charge in [-0.15, -0.1) is 0 Å². The van der Waals surface area contributed by atoms with Gasteiger partial charge < -0.3 is 19.3 Å². The normalized spacial score (nSPS) is 16.3. The van der Waals surface area contributed by atoms with Crippen molar-refractivity contribution in [1.29, 1.82) is 0 Å². The van der Waals surface area contributed by atoms with Gasteiger partial charge in [-0.2, -0.15) is 0 Å². The van der Waals surface area contributed by atoms with Gasteiger partial charge in [-0.1, -0.05) is 0 Å². The lowest BCUT2D eigenvalue weighted by molar-refractivity contribution is -0.131. The highest BCUT2D eigenvalue weighted by Gasteiger charge is 2.37. The summed E-state index contributed by atoms with van der Waals surface area (Å²) >= 11 is 0. The van der Waals surface area contributed by atoms with E-state index in [1.165, 1.54) is 6.20 Å². The molecule has 0 bridgehead atoms. The fourth-order valence-electron chi connectivity index (χ4n) is 3.03. The van der Waals surface area contributed by atoms with Crippen LogP contribution in [0, 0.1) is 5.92 Å². The number of carbonyl (C=O) groups excluding carboxylic acids is 2. The van der Waals surface area contributed by atoms with E-state index in [-0.39, 0.29) is 17.7 Å².